The van der Waals surface area contributed by atoms with Crippen molar-refractivity contribution in [3.05, 3.63) is 29.8 Å². The van der Waals surface area contributed by atoms with Crippen molar-refractivity contribution in [3.8, 4) is 0 Å². The first kappa shape index (κ1) is 15.7. The molecule has 106 valence electrons. The lowest BCUT2D eigenvalue weighted by Gasteiger charge is -2.28. The van der Waals surface area contributed by atoms with E-state index in [1.165, 1.54) is 18.2 Å². The first-order chi connectivity index (χ1) is 8.51. The topological polar surface area (TPSA) is 89.3 Å². The predicted molar refractivity (Wildman–Crippen MR) is 74.2 cm³/mol. The van der Waals surface area contributed by atoms with Gasteiger partial charge in [0.25, 0.3) is 5.91 Å². The maximum absolute atomic E-state index is 12.0. The van der Waals surface area contributed by atoms with E-state index in [2.05, 4.69) is 5.32 Å². The van der Waals surface area contributed by atoms with E-state index in [0.717, 1.165) is 0 Å². The van der Waals surface area contributed by atoms with Gasteiger partial charge in [-0.05, 0) is 30.5 Å². The third-order valence-electron chi connectivity index (χ3n) is 3.07. The molecule has 0 bridgehead atoms. The summed E-state index contributed by atoms with van der Waals surface area (Å²) in [5.41, 5.74) is 0.204. The first-order valence-corrected chi connectivity index (χ1v) is 7.50. The summed E-state index contributed by atoms with van der Waals surface area (Å²) >= 11 is 0. The quantitative estimate of drug-likeness (QED) is 0.881. The highest BCUT2D eigenvalue weighted by Crippen LogP contribution is 2.19. The highest BCUT2D eigenvalue weighted by Gasteiger charge is 2.22. The summed E-state index contributed by atoms with van der Waals surface area (Å²) in [5.74, 6) is -0.312. The van der Waals surface area contributed by atoms with Gasteiger partial charge in [-0.2, -0.15) is 0 Å². The number of primary sulfonamides is 1. The maximum atomic E-state index is 12.0. The van der Waals surface area contributed by atoms with Crippen molar-refractivity contribution < 1.29 is 13.2 Å². The molecule has 1 aromatic carbocycles. The molecule has 0 fully saturated rings. The molecule has 3 N–H and O–H groups in total. The van der Waals surface area contributed by atoms with Crippen molar-refractivity contribution in [3.63, 3.8) is 0 Å². The Bertz CT molecular complexity index is 574. The molecule has 1 amide bonds. The van der Waals surface area contributed by atoms with Crippen LogP contribution >= 0.6 is 0 Å². The van der Waals surface area contributed by atoms with Crippen LogP contribution in [0.4, 0.5) is 0 Å². The van der Waals surface area contributed by atoms with Gasteiger partial charge >= 0.3 is 0 Å². The molecule has 1 unspecified atom stereocenters. The van der Waals surface area contributed by atoms with Gasteiger partial charge in [0.1, 0.15) is 0 Å². The molecular weight excluding hydrogens is 264 g/mol. The van der Waals surface area contributed by atoms with Gasteiger partial charge in [-0.3, -0.25) is 4.79 Å². The van der Waals surface area contributed by atoms with Crippen LogP contribution in [0.5, 0.6) is 0 Å². The largest absolute Gasteiger partial charge is 0.349 e. The van der Waals surface area contributed by atoms with E-state index in [-0.39, 0.29) is 27.8 Å². The molecule has 0 aromatic heterocycles. The highest BCUT2D eigenvalue weighted by atomic mass is 32.2. The van der Waals surface area contributed by atoms with Crippen LogP contribution in [0.15, 0.2) is 29.2 Å². The first-order valence-electron chi connectivity index (χ1n) is 5.95. The van der Waals surface area contributed by atoms with Crippen molar-refractivity contribution in [1.29, 1.82) is 0 Å². The summed E-state index contributed by atoms with van der Waals surface area (Å²) in [7, 11) is -3.80. The van der Waals surface area contributed by atoms with Crippen molar-refractivity contribution in [2.45, 2.75) is 38.6 Å². The molecular formula is C13H20N2O3S. The van der Waals surface area contributed by atoms with Crippen LogP contribution in [0.2, 0.25) is 0 Å². The summed E-state index contributed by atoms with van der Waals surface area (Å²) < 4.78 is 22.5. The minimum Gasteiger partial charge on any atom is -0.349 e. The van der Waals surface area contributed by atoms with Crippen LogP contribution in [0.25, 0.3) is 0 Å². The van der Waals surface area contributed by atoms with Gasteiger partial charge in [0, 0.05) is 11.6 Å². The zero-order valence-corrected chi connectivity index (χ0v) is 12.4. The number of amides is 1. The lowest BCUT2D eigenvalue weighted by atomic mass is 9.88. The zero-order valence-electron chi connectivity index (χ0n) is 11.6. The van der Waals surface area contributed by atoms with E-state index in [0.29, 0.717) is 0 Å². The fraction of sp³-hybridized carbons (Fsp3) is 0.462. The summed E-state index contributed by atoms with van der Waals surface area (Å²) in [6.45, 7) is 7.94. The van der Waals surface area contributed by atoms with E-state index >= 15 is 0 Å². The Morgan fingerprint density at radius 1 is 1.32 bits per heavy atom. The number of hydrogen-bond acceptors (Lipinski definition) is 3. The third-order valence-corrected chi connectivity index (χ3v) is 3.98. The van der Waals surface area contributed by atoms with Crippen molar-refractivity contribution in [1.82, 2.24) is 5.32 Å². The monoisotopic (exact) mass is 284 g/mol. The molecule has 1 atom stereocenters. The lowest BCUT2D eigenvalue weighted by molar-refractivity contribution is 0.0910. The second kappa shape index (κ2) is 5.30. The molecule has 1 rings (SSSR count). The highest BCUT2D eigenvalue weighted by molar-refractivity contribution is 7.89. The summed E-state index contributed by atoms with van der Waals surface area (Å²) in [6, 6.07) is 5.65. The molecule has 5 nitrogen and oxygen atoms in total. The Labute approximate surface area is 114 Å². The van der Waals surface area contributed by atoms with Crippen LogP contribution in [-0.2, 0) is 10.0 Å². The van der Waals surface area contributed by atoms with Crippen LogP contribution in [0.3, 0.4) is 0 Å². The van der Waals surface area contributed by atoms with Gasteiger partial charge in [0.2, 0.25) is 10.0 Å². The average Bonchev–Trinajstić information content (AvgIpc) is 2.26. The number of rotatable bonds is 3. The van der Waals surface area contributed by atoms with Crippen LogP contribution in [0.1, 0.15) is 38.1 Å². The minimum atomic E-state index is -3.80. The summed E-state index contributed by atoms with van der Waals surface area (Å²) in [5, 5.41) is 7.88. The average molecular weight is 284 g/mol. The van der Waals surface area contributed by atoms with E-state index in [1.54, 1.807) is 6.07 Å². The smallest absolute Gasteiger partial charge is 0.251 e. The number of carbonyl (C=O) groups excluding carboxylic acids is 1. The second-order valence-electron chi connectivity index (χ2n) is 5.63. The van der Waals surface area contributed by atoms with Gasteiger partial charge in [-0.25, -0.2) is 13.6 Å². The maximum Gasteiger partial charge on any atom is 0.251 e. The summed E-state index contributed by atoms with van der Waals surface area (Å²) in [4.78, 5) is 12.0. The van der Waals surface area contributed by atoms with Crippen LogP contribution < -0.4 is 10.5 Å². The molecule has 1 aromatic rings. The molecule has 0 spiro atoms. The third kappa shape index (κ3) is 4.33. The normalized spacial score (nSPS) is 13.9. The van der Waals surface area contributed by atoms with Gasteiger partial charge in [-0.1, -0.05) is 26.8 Å². The molecule has 0 aliphatic heterocycles. The number of carbonyl (C=O) groups is 1. The number of hydrogen-bond donors (Lipinski definition) is 2. The molecule has 0 heterocycles. The van der Waals surface area contributed by atoms with E-state index in [1.807, 2.05) is 27.7 Å². The van der Waals surface area contributed by atoms with Crippen molar-refractivity contribution in [2.75, 3.05) is 0 Å². The fourth-order valence-corrected chi connectivity index (χ4v) is 1.87. The molecule has 0 aliphatic carbocycles. The van der Waals surface area contributed by atoms with Gasteiger partial charge < -0.3 is 5.32 Å². The van der Waals surface area contributed by atoms with Gasteiger partial charge in [0.15, 0.2) is 0 Å². The molecule has 0 aliphatic rings. The van der Waals surface area contributed by atoms with E-state index in [9.17, 15) is 13.2 Å². The predicted octanol–water partition coefficient (Wildman–Crippen LogP) is 1.50. The number of nitrogens with two attached hydrogens (primary N) is 1. The molecule has 6 heteroatoms. The molecule has 19 heavy (non-hydrogen) atoms. The standard InChI is InChI=1S/C13H20N2O3S/c1-9(13(2,3)4)15-12(16)10-6-5-7-11(8-10)19(14,17)18/h5-9H,1-4H3,(H,15,16)(H2,14,17,18). The Morgan fingerprint density at radius 2 is 1.89 bits per heavy atom. The zero-order chi connectivity index (χ0) is 14.8. The molecule has 0 saturated heterocycles. The van der Waals surface area contributed by atoms with Crippen LogP contribution in [-0.4, -0.2) is 20.4 Å². The number of sulfonamides is 1. The Morgan fingerprint density at radius 3 is 2.37 bits per heavy atom. The molecule has 0 radical (unpaired) electrons. The SMILES string of the molecule is CC(NC(=O)c1cccc(S(N)(=O)=O)c1)C(C)(C)C. The van der Waals surface area contributed by atoms with E-state index in [4.69, 9.17) is 5.14 Å². The van der Waals surface area contributed by atoms with Gasteiger partial charge in [-0.15, -0.1) is 0 Å². The van der Waals surface area contributed by atoms with Crippen molar-refractivity contribution in [2.24, 2.45) is 10.6 Å². The second-order valence-corrected chi connectivity index (χ2v) is 7.20. The van der Waals surface area contributed by atoms with Gasteiger partial charge in [0.05, 0.1) is 4.90 Å². The molecule has 0 saturated carbocycles. The van der Waals surface area contributed by atoms with Crippen LogP contribution in [0, 0.1) is 5.41 Å². The minimum absolute atomic E-state index is 0.0434. The number of nitrogens with one attached hydrogen (secondary N) is 1. The lowest BCUT2D eigenvalue weighted by Crippen LogP contribution is -2.41. The summed E-state index contributed by atoms with van der Waals surface area (Å²) in [6.07, 6.45) is 0. The fourth-order valence-electron chi connectivity index (χ4n) is 1.31. The van der Waals surface area contributed by atoms with E-state index < -0.39 is 10.0 Å². The Balaban J connectivity index is 2.96. The van der Waals surface area contributed by atoms with Crippen molar-refractivity contribution >= 4 is 15.9 Å². The Kier molecular flexibility index (Phi) is 4.37. The Hall–Kier alpha value is -1.40. The number of benzene rings is 1.